The van der Waals surface area contributed by atoms with E-state index in [1.807, 2.05) is 50.1 Å². The lowest BCUT2D eigenvalue weighted by Gasteiger charge is -2.18. The molecular weight excluding hydrogens is 311 g/mol. The van der Waals surface area contributed by atoms with Crippen LogP contribution in [0.1, 0.15) is 19.4 Å². The van der Waals surface area contributed by atoms with Gasteiger partial charge in [0.05, 0.1) is 6.10 Å². The van der Waals surface area contributed by atoms with Crippen molar-refractivity contribution in [3.63, 3.8) is 0 Å². The molecule has 0 saturated carbocycles. The quantitative estimate of drug-likeness (QED) is 0.840. The first-order valence-electron chi connectivity index (χ1n) is 6.48. The van der Waals surface area contributed by atoms with Crippen molar-refractivity contribution < 1.29 is 4.74 Å². The smallest absolute Gasteiger partial charge is 0.322 e. The van der Waals surface area contributed by atoms with E-state index in [1.165, 1.54) is 0 Å². The van der Waals surface area contributed by atoms with Gasteiger partial charge in [-0.2, -0.15) is 15.0 Å². The van der Waals surface area contributed by atoms with Crippen molar-refractivity contribution in [3.8, 4) is 6.01 Å². The summed E-state index contributed by atoms with van der Waals surface area (Å²) in [7, 11) is 1.87. The van der Waals surface area contributed by atoms with E-state index < -0.39 is 0 Å². The number of hydrogen-bond donors (Lipinski definition) is 0. The van der Waals surface area contributed by atoms with Gasteiger partial charge in [-0.3, -0.25) is 0 Å². The topological polar surface area (TPSA) is 51.1 Å². The summed E-state index contributed by atoms with van der Waals surface area (Å²) in [5.41, 5.74) is 1.09. The Morgan fingerprint density at radius 3 is 2.38 bits per heavy atom. The van der Waals surface area contributed by atoms with E-state index in [4.69, 9.17) is 27.9 Å². The van der Waals surface area contributed by atoms with Gasteiger partial charge in [-0.05, 0) is 43.1 Å². The summed E-state index contributed by atoms with van der Waals surface area (Å²) >= 11 is 11.8. The maximum absolute atomic E-state index is 5.91. The number of hydrogen-bond acceptors (Lipinski definition) is 5. The molecule has 7 heteroatoms. The van der Waals surface area contributed by atoms with E-state index in [0.29, 0.717) is 17.5 Å². The van der Waals surface area contributed by atoms with Gasteiger partial charge in [0.25, 0.3) is 0 Å². The molecule has 2 rings (SSSR count). The zero-order valence-electron chi connectivity index (χ0n) is 12.0. The molecule has 0 aliphatic heterocycles. The molecule has 0 spiro atoms. The Balaban J connectivity index is 2.16. The summed E-state index contributed by atoms with van der Waals surface area (Å²) in [6.07, 6.45) is -0.0297. The molecule has 0 aliphatic rings. The lowest BCUT2D eigenvalue weighted by molar-refractivity contribution is 0.221. The Labute approximate surface area is 133 Å². The van der Waals surface area contributed by atoms with Crippen molar-refractivity contribution in [2.75, 3.05) is 11.9 Å². The minimum absolute atomic E-state index is 0.0297. The largest absolute Gasteiger partial charge is 0.461 e. The second kappa shape index (κ2) is 6.91. The summed E-state index contributed by atoms with van der Waals surface area (Å²) in [5.74, 6) is 0.459. The SMILES string of the molecule is CC(C)Oc1nc(Cl)nc(N(C)Cc2ccc(Cl)cc2)n1. The highest BCUT2D eigenvalue weighted by atomic mass is 35.5. The van der Waals surface area contributed by atoms with Crippen LogP contribution in [0.3, 0.4) is 0 Å². The van der Waals surface area contributed by atoms with Gasteiger partial charge in [0.2, 0.25) is 11.2 Å². The summed E-state index contributed by atoms with van der Waals surface area (Å²) in [6.45, 7) is 4.42. The monoisotopic (exact) mass is 326 g/mol. The Bertz CT molecular complexity index is 604. The molecule has 2 aromatic rings. The van der Waals surface area contributed by atoms with Gasteiger partial charge in [-0.25, -0.2) is 0 Å². The minimum Gasteiger partial charge on any atom is -0.461 e. The molecular formula is C14H16Cl2N4O. The normalized spacial score (nSPS) is 10.8. The number of nitrogens with zero attached hydrogens (tertiary/aromatic N) is 4. The fraction of sp³-hybridized carbons (Fsp3) is 0.357. The molecule has 0 saturated heterocycles. The summed E-state index contributed by atoms with van der Waals surface area (Å²) in [6, 6.07) is 7.82. The van der Waals surface area contributed by atoms with Gasteiger partial charge >= 0.3 is 6.01 Å². The minimum atomic E-state index is -0.0297. The van der Waals surface area contributed by atoms with Crippen molar-refractivity contribution in [1.29, 1.82) is 0 Å². The predicted molar refractivity (Wildman–Crippen MR) is 84.2 cm³/mol. The molecule has 0 atom stereocenters. The lowest BCUT2D eigenvalue weighted by Crippen LogP contribution is -2.20. The predicted octanol–water partition coefficient (Wildman–Crippen LogP) is 3.60. The standard InChI is InChI=1S/C14H16Cl2N4O/c1-9(2)21-14-18-12(16)17-13(19-14)20(3)8-10-4-6-11(15)7-5-10/h4-7,9H,8H2,1-3H3. The van der Waals surface area contributed by atoms with Crippen LogP contribution in [0.5, 0.6) is 6.01 Å². The van der Waals surface area contributed by atoms with Crippen LogP contribution < -0.4 is 9.64 Å². The maximum Gasteiger partial charge on any atom is 0.322 e. The number of anilines is 1. The molecule has 0 aliphatic carbocycles. The first kappa shape index (κ1) is 15.8. The fourth-order valence-electron chi connectivity index (χ4n) is 1.69. The first-order valence-corrected chi connectivity index (χ1v) is 7.23. The molecule has 0 radical (unpaired) electrons. The van der Waals surface area contributed by atoms with E-state index >= 15 is 0 Å². The third kappa shape index (κ3) is 4.72. The van der Waals surface area contributed by atoms with Crippen LogP contribution >= 0.6 is 23.2 Å². The van der Waals surface area contributed by atoms with Crippen LogP contribution in [0.25, 0.3) is 0 Å². The summed E-state index contributed by atoms with van der Waals surface area (Å²) in [5, 5.41) is 0.816. The molecule has 1 aromatic heterocycles. The average Bonchev–Trinajstić information content (AvgIpc) is 2.40. The Hall–Kier alpha value is -1.59. The second-order valence-corrected chi connectivity index (χ2v) is 5.61. The second-order valence-electron chi connectivity index (χ2n) is 4.84. The molecule has 0 fully saturated rings. The molecule has 21 heavy (non-hydrogen) atoms. The van der Waals surface area contributed by atoms with Crippen LogP contribution in [0, 0.1) is 0 Å². The van der Waals surface area contributed by atoms with Gasteiger partial charge in [-0.15, -0.1) is 0 Å². The number of ether oxygens (including phenoxy) is 1. The van der Waals surface area contributed by atoms with Crippen LogP contribution in [0.15, 0.2) is 24.3 Å². The first-order chi connectivity index (χ1) is 9.94. The molecule has 1 aromatic carbocycles. The van der Waals surface area contributed by atoms with E-state index in [9.17, 15) is 0 Å². The molecule has 5 nitrogen and oxygen atoms in total. The number of halogens is 2. The van der Waals surface area contributed by atoms with Crippen molar-refractivity contribution in [2.45, 2.75) is 26.5 Å². The highest BCUT2D eigenvalue weighted by Gasteiger charge is 2.11. The van der Waals surface area contributed by atoms with Gasteiger partial charge in [0, 0.05) is 18.6 Å². The zero-order valence-corrected chi connectivity index (χ0v) is 13.6. The number of rotatable bonds is 5. The molecule has 1 heterocycles. The molecule has 0 bridgehead atoms. The number of benzene rings is 1. The van der Waals surface area contributed by atoms with Gasteiger partial charge in [0.15, 0.2) is 0 Å². The third-order valence-electron chi connectivity index (χ3n) is 2.59. The lowest BCUT2D eigenvalue weighted by atomic mass is 10.2. The zero-order chi connectivity index (χ0) is 15.4. The molecule has 0 unspecified atom stereocenters. The Kier molecular flexibility index (Phi) is 5.20. The molecule has 0 N–H and O–H groups in total. The number of aromatic nitrogens is 3. The van der Waals surface area contributed by atoms with E-state index in [-0.39, 0.29) is 17.4 Å². The highest BCUT2D eigenvalue weighted by Crippen LogP contribution is 2.18. The van der Waals surface area contributed by atoms with Crippen molar-refractivity contribution >= 4 is 29.2 Å². The van der Waals surface area contributed by atoms with Crippen LogP contribution in [-0.4, -0.2) is 28.1 Å². The van der Waals surface area contributed by atoms with E-state index in [1.54, 1.807) is 0 Å². The Morgan fingerprint density at radius 1 is 1.10 bits per heavy atom. The highest BCUT2D eigenvalue weighted by molar-refractivity contribution is 6.30. The molecule has 0 amide bonds. The summed E-state index contributed by atoms with van der Waals surface area (Å²) < 4.78 is 5.46. The third-order valence-corrected chi connectivity index (χ3v) is 3.01. The fourth-order valence-corrected chi connectivity index (χ4v) is 1.96. The van der Waals surface area contributed by atoms with Crippen molar-refractivity contribution in [3.05, 3.63) is 40.1 Å². The van der Waals surface area contributed by atoms with Gasteiger partial charge in [0.1, 0.15) is 0 Å². The van der Waals surface area contributed by atoms with E-state index in [2.05, 4.69) is 15.0 Å². The van der Waals surface area contributed by atoms with Crippen molar-refractivity contribution in [2.24, 2.45) is 0 Å². The molecule has 112 valence electrons. The van der Waals surface area contributed by atoms with Crippen molar-refractivity contribution in [1.82, 2.24) is 15.0 Å². The average molecular weight is 327 g/mol. The Morgan fingerprint density at radius 2 is 1.76 bits per heavy atom. The van der Waals surface area contributed by atoms with E-state index in [0.717, 1.165) is 5.56 Å². The van der Waals surface area contributed by atoms with Gasteiger partial charge < -0.3 is 9.64 Å². The summed E-state index contributed by atoms with van der Waals surface area (Å²) in [4.78, 5) is 14.2. The maximum atomic E-state index is 5.91. The van der Waals surface area contributed by atoms with Crippen LogP contribution in [0.4, 0.5) is 5.95 Å². The van der Waals surface area contributed by atoms with Gasteiger partial charge in [-0.1, -0.05) is 23.7 Å². The van der Waals surface area contributed by atoms with Crippen LogP contribution in [-0.2, 0) is 6.54 Å². The van der Waals surface area contributed by atoms with Crippen LogP contribution in [0.2, 0.25) is 10.3 Å².